The van der Waals surface area contributed by atoms with Crippen molar-refractivity contribution in [2.75, 3.05) is 12.4 Å². The first-order valence-electron chi connectivity index (χ1n) is 6.51. The van der Waals surface area contributed by atoms with Gasteiger partial charge in [-0.3, -0.25) is 4.68 Å². The van der Waals surface area contributed by atoms with Gasteiger partial charge in [-0.05, 0) is 12.5 Å². The Morgan fingerprint density at radius 3 is 3.05 bits per heavy atom. The Hall–Kier alpha value is -1.56. The molecule has 0 aliphatic carbocycles. The van der Waals surface area contributed by atoms with Crippen LogP contribution in [0.4, 0.5) is 5.82 Å². The molecule has 19 heavy (non-hydrogen) atoms. The third-order valence-corrected chi connectivity index (χ3v) is 4.17. The minimum Gasteiger partial charge on any atom is -0.373 e. The maximum atomic E-state index is 4.71. The average molecular weight is 275 g/mol. The van der Waals surface area contributed by atoms with E-state index in [4.69, 9.17) is 4.98 Å². The number of rotatable bonds is 4. The van der Waals surface area contributed by atoms with Crippen molar-refractivity contribution >= 4 is 17.6 Å². The van der Waals surface area contributed by atoms with Crippen molar-refractivity contribution in [1.29, 1.82) is 0 Å². The lowest BCUT2D eigenvalue weighted by Crippen LogP contribution is -2.07. The van der Waals surface area contributed by atoms with E-state index in [0.717, 1.165) is 47.5 Å². The van der Waals surface area contributed by atoms with E-state index in [1.807, 2.05) is 35.8 Å². The van der Waals surface area contributed by atoms with Crippen LogP contribution in [0.1, 0.15) is 24.6 Å². The monoisotopic (exact) mass is 275 g/mol. The second kappa shape index (κ2) is 5.21. The van der Waals surface area contributed by atoms with Gasteiger partial charge in [0.05, 0.1) is 5.69 Å². The maximum absolute atomic E-state index is 4.71. The third kappa shape index (κ3) is 2.20. The van der Waals surface area contributed by atoms with Crippen LogP contribution in [0, 0.1) is 0 Å². The third-order valence-electron chi connectivity index (χ3n) is 3.20. The molecule has 0 saturated heterocycles. The number of hydrogen-bond acceptors (Lipinski definition) is 5. The van der Waals surface area contributed by atoms with E-state index in [-0.39, 0.29) is 0 Å². The van der Waals surface area contributed by atoms with Crippen LogP contribution in [0.3, 0.4) is 0 Å². The number of aryl methyl sites for hydroxylation is 1. The lowest BCUT2D eigenvalue weighted by Gasteiger charge is -2.10. The van der Waals surface area contributed by atoms with E-state index >= 15 is 0 Å². The zero-order valence-electron chi connectivity index (χ0n) is 11.2. The van der Waals surface area contributed by atoms with Gasteiger partial charge in [0.2, 0.25) is 0 Å². The molecule has 6 heteroatoms. The van der Waals surface area contributed by atoms with E-state index in [1.165, 1.54) is 5.56 Å². The second-order valence-electron chi connectivity index (χ2n) is 4.50. The van der Waals surface area contributed by atoms with Gasteiger partial charge in [0, 0.05) is 36.9 Å². The van der Waals surface area contributed by atoms with Crippen molar-refractivity contribution in [3.63, 3.8) is 0 Å². The predicted molar refractivity (Wildman–Crippen MR) is 78.1 cm³/mol. The van der Waals surface area contributed by atoms with E-state index in [1.54, 1.807) is 0 Å². The van der Waals surface area contributed by atoms with Crippen LogP contribution in [0.25, 0.3) is 11.5 Å². The molecule has 0 fully saturated rings. The second-order valence-corrected chi connectivity index (χ2v) is 5.49. The van der Waals surface area contributed by atoms with Crippen molar-refractivity contribution in [3.8, 4) is 11.5 Å². The number of nitrogens with zero attached hydrogens (tertiary/aromatic N) is 4. The Morgan fingerprint density at radius 2 is 2.26 bits per heavy atom. The van der Waals surface area contributed by atoms with Gasteiger partial charge in [-0.2, -0.15) is 16.9 Å². The van der Waals surface area contributed by atoms with Gasteiger partial charge in [-0.1, -0.05) is 6.92 Å². The minimum atomic E-state index is 0.775. The van der Waals surface area contributed by atoms with Crippen LogP contribution in [0.15, 0.2) is 12.3 Å². The molecule has 0 spiro atoms. The van der Waals surface area contributed by atoms with Crippen molar-refractivity contribution < 1.29 is 0 Å². The Balaban J connectivity index is 2.08. The molecule has 2 aromatic heterocycles. The first-order valence-corrected chi connectivity index (χ1v) is 7.66. The van der Waals surface area contributed by atoms with Crippen molar-refractivity contribution in [1.82, 2.24) is 19.7 Å². The lowest BCUT2D eigenvalue weighted by molar-refractivity contribution is 0.606. The molecule has 2 aromatic rings. The van der Waals surface area contributed by atoms with Crippen LogP contribution in [0.2, 0.25) is 0 Å². The summed E-state index contributed by atoms with van der Waals surface area (Å²) < 4.78 is 1.98. The molecule has 0 atom stereocenters. The number of nitrogens with one attached hydrogen (secondary N) is 1. The van der Waals surface area contributed by atoms with Crippen LogP contribution in [-0.2, 0) is 18.1 Å². The molecule has 0 bridgehead atoms. The largest absolute Gasteiger partial charge is 0.373 e. The lowest BCUT2D eigenvalue weighted by atomic mass is 10.2. The van der Waals surface area contributed by atoms with E-state index in [9.17, 15) is 0 Å². The normalized spacial score (nSPS) is 13.6. The van der Waals surface area contributed by atoms with Crippen LogP contribution < -0.4 is 5.32 Å². The molecule has 1 aliphatic rings. The SMILES string of the molecule is CCCn1nccc1-c1nc2c(c(NC)n1)CSC2. The highest BCUT2D eigenvalue weighted by Gasteiger charge is 2.20. The average Bonchev–Trinajstić information content (AvgIpc) is 3.06. The number of thioether (sulfide) groups is 1. The molecule has 3 heterocycles. The first-order chi connectivity index (χ1) is 9.33. The van der Waals surface area contributed by atoms with Crippen LogP contribution >= 0.6 is 11.8 Å². The van der Waals surface area contributed by atoms with E-state index in [0.29, 0.717) is 0 Å². The molecular formula is C13H17N5S. The molecule has 0 amide bonds. The zero-order valence-corrected chi connectivity index (χ0v) is 12.0. The predicted octanol–water partition coefficient (Wildman–Crippen LogP) is 2.54. The zero-order chi connectivity index (χ0) is 13.2. The summed E-state index contributed by atoms with van der Waals surface area (Å²) in [5.74, 6) is 3.70. The van der Waals surface area contributed by atoms with Gasteiger partial charge in [-0.25, -0.2) is 9.97 Å². The standard InChI is InChI=1S/C13H17N5S/c1-3-6-18-11(4-5-15-18)13-16-10-8-19-7-9(10)12(14-2)17-13/h4-5H,3,6-8H2,1-2H3,(H,14,16,17). The van der Waals surface area contributed by atoms with Gasteiger partial charge < -0.3 is 5.32 Å². The number of fused-ring (bicyclic) bond motifs is 1. The highest BCUT2D eigenvalue weighted by molar-refractivity contribution is 7.98. The molecule has 0 aromatic carbocycles. The minimum absolute atomic E-state index is 0.775. The molecule has 0 unspecified atom stereocenters. The molecular weight excluding hydrogens is 258 g/mol. The summed E-state index contributed by atoms with van der Waals surface area (Å²) >= 11 is 1.89. The summed E-state index contributed by atoms with van der Waals surface area (Å²) in [7, 11) is 1.92. The van der Waals surface area contributed by atoms with Gasteiger partial charge in [0.15, 0.2) is 5.82 Å². The Bertz CT molecular complexity index is 593. The molecule has 3 rings (SSSR count). The molecule has 100 valence electrons. The van der Waals surface area contributed by atoms with Crippen LogP contribution in [-0.4, -0.2) is 26.8 Å². The quantitative estimate of drug-likeness (QED) is 0.929. The Kier molecular flexibility index (Phi) is 3.42. The van der Waals surface area contributed by atoms with Crippen molar-refractivity contribution in [3.05, 3.63) is 23.5 Å². The Labute approximate surface area is 116 Å². The van der Waals surface area contributed by atoms with Gasteiger partial charge in [-0.15, -0.1) is 0 Å². The topological polar surface area (TPSA) is 55.6 Å². The van der Waals surface area contributed by atoms with E-state index < -0.39 is 0 Å². The summed E-state index contributed by atoms with van der Waals surface area (Å²) in [5, 5.41) is 7.53. The first kappa shape index (κ1) is 12.5. The smallest absolute Gasteiger partial charge is 0.180 e. The summed E-state index contributed by atoms with van der Waals surface area (Å²) in [6.07, 6.45) is 2.86. The fourth-order valence-electron chi connectivity index (χ4n) is 2.29. The fourth-order valence-corrected chi connectivity index (χ4v) is 3.33. The van der Waals surface area contributed by atoms with Crippen molar-refractivity contribution in [2.24, 2.45) is 0 Å². The summed E-state index contributed by atoms with van der Waals surface area (Å²) in [5.41, 5.74) is 3.40. The maximum Gasteiger partial charge on any atom is 0.180 e. The number of hydrogen-bond donors (Lipinski definition) is 1. The molecule has 1 N–H and O–H groups in total. The summed E-state index contributed by atoms with van der Waals surface area (Å²) in [6, 6.07) is 1.99. The van der Waals surface area contributed by atoms with Gasteiger partial charge in [0.25, 0.3) is 0 Å². The van der Waals surface area contributed by atoms with Gasteiger partial charge in [0.1, 0.15) is 11.5 Å². The highest BCUT2D eigenvalue weighted by atomic mass is 32.2. The van der Waals surface area contributed by atoms with Crippen LogP contribution in [0.5, 0.6) is 0 Å². The van der Waals surface area contributed by atoms with Gasteiger partial charge >= 0.3 is 0 Å². The number of aromatic nitrogens is 4. The van der Waals surface area contributed by atoms with Crippen molar-refractivity contribution in [2.45, 2.75) is 31.4 Å². The fraction of sp³-hybridized carbons (Fsp3) is 0.462. The van der Waals surface area contributed by atoms with E-state index in [2.05, 4.69) is 22.3 Å². The molecule has 0 radical (unpaired) electrons. The summed E-state index contributed by atoms with van der Waals surface area (Å²) in [6.45, 7) is 3.04. The molecule has 5 nitrogen and oxygen atoms in total. The molecule has 1 aliphatic heterocycles. The number of anilines is 1. The highest BCUT2D eigenvalue weighted by Crippen LogP contribution is 2.34. The molecule has 0 saturated carbocycles. The Morgan fingerprint density at radius 1 is 1.37 bits per heavy atom. The summed E-state index contributed by atoms with van der Waals surface area (Å²) in [4.78, 5) is 9.37.